The first-order valence-electron chi connectivity index (χ1n) is 6.03. The number of hydrogen-bond donors (Lipinski definition) is 0. The maximum Gasteiger partial charge on any atom is 0.364 e. The summed E-state index contributed by atoms with van der Waals surface area (Å²) in [5, 5.41) is 3.61. The number of rotatable bonds is 6. The highest BCUT2D eigenvalue weighted by molar-refractivity contribution is 6.63. The number of ketones is 1. The fraction of sp³-hybridized carbons (Fsp3) is 0.357. The van der Waals surface area contributed by atoms with Crippen LogP contribution in [-0.4, -0.2) is 24.1 Å². The van der Waals surface area contributed by atoms with E-state index >= 15 is 0 Å². The number of nitrogens with zero attached hydrogens (tertiary/aromatic N) is 1. The zero-order valence-corrected chi connectivity index (χ0v) is 11.3. The molecule has 0 N–H and O–H groups in total. The molecule has 1 atom stereocenters. The first-order chi connectivity index (χ1) is 9.06. The standard InChI is InChI=1S/C14H17NO4/c1-4-18-14(17)13(10(2)16)15-19-11(3)12-8-6-5-7-9-12/h5-9,11H,4H2,1-3H3/t11-/m1/s1. The van der Waals surface area contributed by atoms with Gasteiger partial charge in [0, 0.05) is 6.92 Å². The van der Waals surface area contributed by atoms with Gasteiger partial charge < -0.3 is 9.57 Å². The van der Waals surface area contributed by atoms with Crippen LogP contribution in [-0.2, 0) is 19.2 Å². The van der Waals surface area contributed by atoms with Crippen molar-refractivity contribution in [1.82, 2.24) is 0 Å². The monoisotopic (exact) mass is 263 g/mol. The Morgan fingerprint density at radius 2 is 1.89 bits per heavy atom. The number of carbonyl (C=O) groups excluding carboxylic acids is 2. The van der Waals surface area contributed by atoms with Crippen molar-refractivity contribution in [3.63, 3.8) is 0 Å². The van der Waals surface area contributed by atoms with Gasteiger partial charge in [0.05, 0.1) is 6.61 Å². The average Bonchev–Trinajstić information content (AvgIpc) is 2.39. The van der Waals surface area contributed by atoms with E-state index in [0.29, 0.717) is 0 Å². The van der Waals surface area contributed by atoms with Gasteiger partial charge in [-0.2, -0.15) is 0 Å². The minimum absolute atomic E-state index is 0.180. The first kappa shape index (κ1) is 14.9. The number of carbonyl (C=O) groups is 2. The molecule has 5 heteroatoms. The van der Waals surface area contributed by atoms with E-state index in [1.54, 1.807) is 13.8 Å². The van der Waals surface area contributed by atoms with Crippen LogP contribution >= 0.6 is 0 Å². The SMILES string of the molecule is CCOC(=O)C(=NO[C@H](C)c1ccccc1)C(C)=O. The van der Waals surface area contributed by atoms with Crippen molar-refractivity contribution in [1.29, 1.82) is 0 Å². The van der Waals surface area contributed by atoms with Crippen molar-refractivity contribution in [3.05, 3.63) is 35.9 Å². The van der Waals surface area contributed by atoms with E-state index in [9.17, 15) is 9.59 Å². The summed E-state index contributed by atoms with van der Waals surface area (Å²) in [7, 11) is 0. The van der Waals surface area contributed by atoms with Crippen LogP contribution < -0.4 is 0 Å². The van der Waals surface area contributed by atoms with E-state index in [2.05, 4.69) is 5.16 Å². The van der Waals surface area contributed by atoms with Crippen molar-refractivity contribution in [3.8, 4) is 0 Å². The van der Waals surface area contributed by atoms with Crippen LogP contribution in [0.2, 0.25) is 0 Å². The molecular formula is C14H17NO4. The molecular weight excluding hydrogens is 246 g/mol. The summed E-state index contributed by atoms with van der Waals surface area (Å²) in [5.41, 5.74) is 0.572. The largest absolute Gasteiger partial charge is 0.461 e. The smallest absolute Gasteiger partial charge is 0.364 e. The number of ether oxygens (including phenoxy) is 1. The van der Waals surface area contributed by atoms with E-state index in [4.69, 9.17) is 9.57 Å². The van der Waals surface area contributed by atoms with Crippen LogP contribution in [0.4, 0.5) is 0 Å². The highest BCUT2D eigenvalue weighted by Gasteiger charge is 2.19. The quantitative estimate of drug-likeness (QED) is 0.342. The van der Waals surface area contributed by atoms with Crippen molar-refractivity contribution < 1.29 is 19.2 Å². The Hall–Kier alpha value is -2.17. The average molecular weight is 263 g/mol. The lowest BCUT2D eigenvalue weighted by Crippen LogP contribution is -2.25. The van der Waals surface area contributed by atoms with E-state index in [0.717, 1.165) is 5.56 Å². The summed E-state index contributed by atoms with van der Waals surface area (Å²) in [5.74, 6) is -1.26. The molecule has 102 valence electrons. The summed E-state index contributed by atoms with van der Waals surface area (Å²) >= 11 is 0. The summed E-state index contributed by atoms with van der Waals surface area (Å²) in [6.45, 7) is 4.86. The second kappa shape index (κ2) is 7.31. The fourth-order valence-electron chi connectivity index (χ4n) is 1.36. The van der Waals surface area contributed by atoms with Gasteiger partial charge in [0.2, 0.25) is 5.71 Å². The lowest BCUT2D eigenvalue weighted by molar-refractivity contribution is -0.136. The molecule has 0 amide bonds. The molecule has 0 spiro atoms. The fourth-order valence-corrected chi connectivity index (χ4v) is 1.36. The molecule has 0 unspecified atom stereocenters. The minimum Gasteiger partial charge on any atom is -0.461 e. The Bertz CT molecular complexity index is 468. The third kappa shape index (κ3) is 4.54. The molecule has 0 radical (unpaired) electrons. The van der Waals surface area contributed by atoms with Crippen molar-refractivity contribution in [2.24, 2.45) is 5.16 Å². The second-order valence-corrected chi connectivity index (χ2v) is 3.87. The zero-order chi connectivity index (χ0) is 14.3. The maximum atomic E-state index is 11.5. The Balaban J connectivity index is 2.76. The molecule has 1 aromatic carbocycles. The molecule has 0 saturated carbocycles. The lowest BCUT2D eigenvalue weighted by Gasteiger charge is -2.10. The van der Waals surface area contributed by atoms with Crippen LogP contribution in [0, 0.1) is 0 Å². The Morgan fingerprint density at radius 1 is 1.26 bits per heavy atom. The van der Waals surface area contributed by atoms with Crippen LogP contribution in [0.3, 0.4) is 0 Å². The van der Waals surface area contributed by atoms with Crippen molar-refractivity contribution >= 4 is 17.5 Å². The zero-order valence-electron chi connectivity index (χ0n) is 11.3. The number of Topliss-reactive ketones (excluding diaryl/α,β-unsaturated/α-hetero) is 1. The number of benzene rings is 1. The number of hydrogen-bond acceptors (Lipinski definition) is 5. The van der Waals surface area contributed by atoms with Gasteiger partial charge in [0.15, 0.2) is 5.78 Å². The molecule has 0 aromatic heterocycles. The van der Waals surface area contributed by atoms with Gasteiger partial charge in [-0.1, -0.05) is 35.5 Å². The molecule has 0 aliphatic rings. The third-order valence-corrected chi connectivity index (χ3v) is 2.37. The van der Waals surface area contributed by atoms with Crippen LogP contribution in [0.25, 0.3) is 0 Å². The van der Waals surface area contributed by atoms with E-state index in [-0.39, 0.29) is 18.4 Å². The van der Waals surface area contributed by atoms with Crippen LogP contribution in [0.5, 0.6) is 0 Å². The molecule has 1 aromatic rings. The Labute approximate surface area is 112 Å². The van der Waals surface area contributed by atoms with Gasteiger partial charge in [-0.3, -0.25) is 4.79 Å². The molecule has 0 aliphatic heterocycles. The summed E-state index contributed by atoms with van der Waals surface area (Å²) in [6, 6.07) is 9.38. The van der Waals surface area contributed by atoms with Gasteiger partial charge in [0.25, 0.3) is 0 Å². The first-order valence-corrected chi connectivity index (χ1v) is 6.03. The molecule has 0 fully saturated rings. The van der Waals surface area contributed by atoms with Crippen molar-refractivity contribution in [2.45, 2.75) is 26.9 Å². The molecule has 0 saturated heterocycles. The molecule has 0 heterocycles. The molecule has 1 rings (SSSR count). The third-order valence-electron chi connectivity index (χ3n) is 2.37. The molecule has 5 nitrogen and oxygen atoms in total. The van der Waals surface area contributed by atoms with E-state index < -0.39 is 11.8 Å². The number of oxime groups is 1. The molecule has 0 aliphatic carbocycles. The van der Waals surface area contributed by atoms with Gasteiger partial charge in [-0.25, -0.2) is 4.79 Å². The highest BCUT2D eigenvalue weighted by Crippen LogP contribution is 2.16. The Morgan fingerprint density at radius 3 is 2.42 bits per heavy atom. The predicted octanol–water partition coefficient (Wildman–Crippen LogP) is 2.27. The summed E-state index contributed by atoms with van der Waals surface area (Å²) in [4.78, 5) is 28.0. The van der Waals surface area contributed by atoms with Gasteiger partial charge >= 0.3 is 5.97 Å². The van der Waals surface area contributed by atoms with Crippen LogP contribution in [0.15, 0.2) is 35.5 Å². The highest BCUT2D eigenvalue weighted by atomic mass is 16.6. The normalized spacial score (nSPS) is 12.7. The summed E-state index contributed by atoms with van der Waals surface area (Å²) < 4.78 is 4.73. The van der Waals surface area contributed by atoms with Crippen LogP contribution in [0.1, 0.15) is 32.4 Å². The van der Waals surface area contributed by atoms with E-state index in [1.165, 1.54) is 6.92 Å². The number of esters is 1. The van der Waals surface area contributed by atoms with Crippen molar-refractivity contribution in [2.75, 3.05) is 6.61 Å². The van der Waals surface area contributed by atoms with E-state index in [1.807, 2.05) is 30.3 Å². The predicted molar refractivity (Wildman–Crippen MR) is 70.7 cm³/mol. The molecule has 19 heavy (non-hydrogen) atoms. The minimum atomic E-state index is -0.768. The lowest BCUT2D eigenvalue weighted by atomic mass is 10.1. The van der Waals surface area contributed by atoms with Gasteiger partial charge in [0.1, 0.15) is 6.10 Å². The van der Waals surface area contributed by atoms with Gasteiger partial charge in [-0.05, 0) is 19.4 Å². The Kier molecular flexibility index (Phi) is 5.73. The van der Waals surface area contributed by atoms with Gasteiger partial charge in [-0.15, -0.1) is 0 Å². The maximum absolute atomic E-state index is 11.5. The summed E-state index contributed by atoms with van der Waals surface area (Å²) in [6.07, 6.45) is -0.357. The second-order valence-electron chi connectivity index (χ2n) is 3.87. The molecule has 0 bridgehead atoms. The topological polar surface area (TPSA) is 65.0 Å².